The molecule has 96 valence electrons. The van der Waals surface area contributed by atoms with Gasteiger partial charge < -0.3 is 10.5 Å². The SMILES string of the molecule is Nc1n[nH]c2cc(OCc3cccc(Cl)c3)ccc12. The molecule has 2 aromatic carbocycles. The van der Waals surface area contributed by atoms with Gasteiger partial charge in [-0.15, -0.1) is 0 Å². The van der Waals surface area contributed by atoms with Gasteiger partial charge >= 0.3 is 0 Å². The fourth-order valence-electron chi connectivity index (χ4n) is 1.90. The summed E-state index contributed by atoms with van der Waals surface area (Å²) in [5.41, 5.74) is 7.60. The Bertz CT molecular complexity index is 724. The molecule has 0 aliphatic carbocycles. The quantitative estimate of drug-likeness (QED) is 0.769. The largest absolute Gasteiger partial charge is 0.489 e. The molecule has 5 heteroatoms. The highest BCUT2D eigenvalue weighted by Crippen LogP contribution is 2.23. The van der Waals surface area contributed by atoms with E-state index in [1.54, 1.807) is 0 Å². The van der Waals surface area contributed by atoms with Gasteiger partial charge in [-0.05, 0) is 29.8 Å². The number of halogens is 1. The number of benzene rings is 2. The molecule has 0 radical (unpaired) electrons. The van der Waals surface area contributed by atoms with Crippen LogP contribution in [-0.4, -0.2) is 10.2 Å². The second-order valence-corrected chi connectivity index (χ2v) is 4.67. The van der Waals surface area contributed by atoms with E-state index in [2.05, 4.69) is 10.2 Å². The fraction of sp³-hybridized carbons (Fsp3) is 0.0714. The number of nitrogens with one attached hydrogen (secondary N) is 1. The molecule has 0 aliphatic rings. The van der Waals surface area contributed by atoms with Crippen molar-refractivity contribution in [2.24, 2.45) is 0 Å². The molecule has 19 heavy (non-hydrogen) atoms. The lowest BCUT2D eigenvalue weighted by Gasteiger charge is -2.06. The molecule has 1 heterocycles. The Kier molecular flexibility index (Phi) is 3.01. The third-order valence-electron chi connectivity index (χ3n) is 2.86. The molecule has 0 atom stereocenters. The molecule has 0 unspecified atom stereocenters. The lowest BCUT2D eigenvalue weighted by Crippen LogP contribution is -1.95. The van der Waals surface area contributed by atoms with Crippen molar-refractivity contribution < 1.29 is 4.74 Å². The number of nitrogen functional groups attached to an aromatic ring is 1. The van der Waals surface area contributed by atoms with E-state index in [0.29, 0.717) is 17.4 Å². The molecule has 0 aliphatic heterocycles. The minimum Gasteiger partial charge on any atom is -0.489 e. The highest BCUT2D eigenvalue weighted by Gasteiger charge is 2.04. The number of H-pyrrole nitrogens is 1. The van der Waals surface area contributed by atoms with E-state index in [1.807, 2.05) is 42.5 Å². The number of nitrogens with zero attached hydrogens (tertiary/aromatic N) is 1. The van der Waals surface area contributed by atoms with Crippen molar-refractivity contribution in [3.63, 3.8) is 0 Å². The average Bonchev–Trinajstić information content (AvgIpc) is 2.78. The van der Waals surface area contributed by atoms with Crippen LogP contribution in [0.2, 0.25) is 5.02 Å². The molecular formula is C14H12ClN3O. The van der Waals surface area contributed by atoms with Crippen LogP contribution in [0.15, 0.2) is 42.5 Å². The topological polar surface area (TPSA) is 63.9 Å². The summed E-state index contributed by atoms with van der Waals surface area (Å²) in [5.74, 6) is 1.26. The molecule has 0 bridgehead atoms. The van der Waals surface area contributed by atoms with Gasteiger partial charge in [-0.3, -0.25) is 5.10 Å². The van der Waals surface area contributed by atoms with Gasteiger partial charge in [0.15, 0.2) is 5.82 Å². The molecule has 0 fully saturated rings. The summed E-state index contributed by atoms with van der Waals surface area (Å²) in [6.07, 6.45) is 0. The van der Waals surface area contributed by atoms with Gasteiger partial charge in [0.2, 0.25) is 0 Å². The smallest absolute Gasteiger partial charge is 0.153 e. The number of aromatic nitrogens is 2. The first-order valence-corrected chi connectivity index (χ1v) is 6.21. The van der Waals surface area contributed by atoms with Crippen LogP contribution in [0.5, 0.6) is 5.75 Å². The van der Waals surface area contributed by atoms with Gasteiger partial charge in [-0.1, -0.05) is 23.7 Å². The van der Waals surface area contributed by atoms with E-state index in [0.717, 1.165) is 22.2 Å². The zero-order valence-corrected chi connectivity index (χ0v) is 10.8. The Morgan fingerprint density at radius 2 is 2.11 bits per heavy atom. The van der Waals surface area contributed by atoms with Crippen LogP contribution < -0.4 is 10.5 Å². The minimum absolute atomic E-state index is 0.468. The molecule has 3 N–H and O–H groups in total. The number of fused-ring (bicyclic) bond motifs is 1. The first kappa shape index (κ1) is 11.9. The zero-order chi connectivity index (χ0) is 13.2. The van der Waals surface area contributed by atoms with Crippen LogP contribution in [0, 0.1) is 0 Å². The van der Waals surface area contributed by atoms with E-state index in [1.165, 1.54) is 0 Å². The molecular weight excluding hydrogens is 262 g/mol. The molecule has 1 aromatic heterocycles. The molecule has 3 rings (SSSR count). The van der Waals surface area contributed by atoms with Crippen LogP contribution in [0.1, 0.15) is 5.56 Å². The van der Waals surface area contributed by atoms with Crippen LogP contribution in [0.4, 0.5) is 5.82 Å². The van der Waals surface area contributed by atoms with Crippen LogP contribution in [0.3, 0.4) is 0 Å². The second-order valence-electron chi connectivity index (χ2n) is 4.23. The minimum atomic E-state index is 0.468. The summed E-state index contributed by atoms with van der Waals surface area (Å²) in [4.78, 5) is 0. The van der Waals surface area contributed by atoms with Crippen LogP contribution in [0.25, 0.3) is 10.9 Å². The number of nitrogens with two attached hydrogens (primary N) is 1. The van der Waals surface area contributed by atoms with Crippen molar-refractivity contribution in [3.05, 3.63) is 53.1 Å². The summed E-state index contributed by atoms with van der Waals surface area (Å²) >= 11 is 5.92. The molecule has 0 spiro atoms. The highest BCUT2D eigenvalue weighted by atomic mass is 35.5. The normalized spacial score (nSPS) is 10.8. The fourth-order valence-corrected chi connectivity index (χ4v) is 2.12. The molecule has 0 amide bonds. The van der Waals surface area contributed by atoms with Crippen molar-refractivity contribution in [3.8, 4) is 5.75 Å². The summed E-state index contributed by atoms with van der Waals surface area (Å²) in [6.45, 7) is 0.468. The summed E-state index contributed by atoms with van der Waals surface area (Å²) < 4.78 is 5.72. The van der Waals surface area contributed by atoms with Gasteiger partial charge in [0, 0.05) is 16.5 Å². The van der Waals surface area contributed by atoms with Crippen molar-refractivity contribution in [1.82, 2.24) is 10.2 Å². The first-order valence-electron chi connectivity index (χ1n) is 5.83. The van der Waals surface area contributed by atoms with E-state index < -0.39 is 0 Å². The number of aromatic amines is 1. The van der Waals surface area contributed by atoms with E-state index in [9.17, 15) is 0 Å². The molecule has 0 saturated carbocycles. The molecule has 4 nitrogen and oxygen atoms in total. The van der Waals surface area contributed by atoms with Crippen molar-refractivity contribution in [1.29, 1.82) is 0 Å². The Balaban J connectivity index is 1.78. The van der Waals surface area contributed by atoms with Gasteiger partial charge in [-0.25, -0.2) is 0 Å². The second kappa shape index (κ2) is 4.82. The van der Waals surface area contributed by atoms with Crippen molar-refractivity contribution in [2.45, 2.75) is 6.61 Å². The average molecular weight is 274 g/mol. The van der Waals surface area contributed by atoms with Gasteiger partial charge in [0.1, 0.15) is 12.4 Å². The standard InChI is InChI=1S/C14H12ClN3O/c15-10-3-1-2-9(6-10)8-19-11-4-5-12-13(7-11)17-18-14(12)16/h1-7H,8H2,(H3,16,17,18). The Morgan fingerprint density at radius 3 is 2.95 bits per heavy atom. The third-order valence-corrected chi connectivity index (χ3v) is 3.09. The number of hydrogen-bond donors (Lipinski definition) is 2. The maximum absolute atomic E-state index is 5.92. The van der Waals surface area contributed by atoms with Gasteiger partial charge in [-0.2, -0.15) is 5.10 Å². The predicted molar refractivity (Wildman–Crippen MR) is 76.3 cm³/mol. The first-order chi connectivity index (χ1) is 9.22. The lowest BCUT2D eigenvalue weighted by atomic mass is 10.2. The van der Waals surface area contributed by atoms with Gasteiger partial charge in [0.25, 0.3) is 0 Å². The van der Waals surface area contributed by atoms with E-state index >= 15 is 0 Å². The van der Waals surface area contributed by atoms with Crippen LogP contribution >= 0.6 is 11.6 Å². The lowest BCUT2D eigenvalue weighted by molar-refractivity contribution is 0.306. The molecule has 0 saturated heterocycles. The van der Waals surface area contributed by atoms with E-state index in [4.69, 9.17) is 22.1 Å². The highest BCUT2D eigenvalue weighted by molar-refractivity contribution is 6.30. The number of rotatable bonds is 3. The Hall–Kier alpha value is -2.20. The summed E-state index contributed by atoms with van der Waals surface area (Å²) in [5, 5.41) is 8.41. The zero-order valence-electron chi connectivity index (χ0n) is 10.1. The predicted octanol–water partition coefficient (Wildman–Crippen LogP) is 3.38. The maximum Gasteiger partial charge on any atom is 0.153 e. The maximum atomic E-state index is 5.92. The number of anilines is 1. The van der Waals surface area contributed by atoms with Crippen LogP contribution in [-0.2, 0) is 6.61 Å². The number of ether oxygens (including phenoxy) is 1. The third kappa shape index (κ3) is 2.48. The Morgan fingerprint density at radius 1 is 1.21 bits per heavy atom. The Labute approximate surface area is 115 Å². The molecule has 3 aromatic rings. The number of hydrogen-bond acceptors (Lipinski definition) is 3. The monoisotopic (exact) mass is 273 g/mol. The summed E-state index contributed by atoms with van der Waals surface area (Å²) in [6, 6.07) is 13.2. The van der Waals surface area contributed by atoms with Gasteiger partial charge in [0.05, 0.1) is 5.52 Å². The summed E-state index contributed by atoms with van der Waals surface area (Å²) in [7, 11) is 0. The van der Waals surface area contributed by atoms with Crippen molar-refractivity contribution >= 4 is 28.3 Å². The van der Waals surface area contributed by atoms with Crippen molar-refractivity contribution in [2.75, 3.05) is 5.73 Å². The van der Waals surface area contributed by atoms with E-state index in [-0.39, 0.29) is 0 Å².